The predicted molar refractivity (Wildman–Crippen MR) is 399 cm³/mol. The molecule has 0 aliphatic heterocycles. The van der Waals surface area contributed by atoms with Crippen molar-refractivity contribution in [2.24, 2.45) is 0 Å². The van der Waals surface area contributed by atoms with E-state index in [9.17, 15) is 43.2 Å². The Morgan fingerprint density at radius 1 is 0.296 bits per heavy atom. The highest BCUT2D eigenvalue weighted by molar-refractivity contribution is 7.47. The van der Waals surface area contributed by atoms with Gasteiger partial charge in [-0.25, -0.2) is 9.13 Å². The number of aliphatic hydroxyl groups is 1. The number of carbonyl (C=O) groups is 4. The van der Waals surface area contributed by atoms with Crippen molar-refractivity contribution in [3.63, 3.8) is 0 Å². The number of phosphoric ester groups is 2. The van der Waals surface area contributed by atoms with Gasteiger partial charge in [0.2, 0.25) is 0 Å². The number of esters is 4. The summed E-state index contributed by atoms with van der Waals surface area (Å²) in [6, 6.07) is 0. The molecule has 17 nitrogen and oxygen atoms in total. The predicted octanol–water partition coefficient (Wildman–Crippen LogP) is 22.2. The summed E-state index contributed by atoms with van der Waals surface area (Å²) in [4.78, 5) is 72.8. The number of ether oxygens (including phenoxy) is 4. The molecule has 568 valence electrons. The summed E-state index contributed by atoms with van der Waals surface area (Å²) in [5, 5.41) is 10.6. The van der Waals surface area contributed by atoms with Crippen molar-refractivity contribution >= 4 is 39.5 Å². The van der Waals surface area contributed by atoms with E-state index < -0.39 is 97.5 Å². The second kappa shape index (κ2) is 71.6. The smallest absolute Gasteiger partial charge is 0.462 e. The fraction of sp³-hybridized carbons (Fsp3) is 0.772. The molecule has 0 bridgehead atoms. The van der Waals surface area contributed by atoms with Crippen LogP contribution in [0.15, 0.2) is 85.1 Å². The number of carbonyl (C=O) groups excluding carboxylic acids is 4. The Morgan fingerprint density at radius 3 is 0.827 bits per heavy atom. The Hall–Kier alpha value is -3.76. The van der Waals surface area contributed by atoms with Crippen LogP contribution in [0.5, 0.6) is 0 Å². The van der Waals surface area contributed by atoms with Gasteiger partial charge in [0.25, 0.3) is 0 Å². The van der Waals surface area contributed by atoms with Crippen molar-refractivity contribution < 1.29 is 80.2 Å². The maximum atomic E-state index is 13.1. The first-order valence-electron chi connectivity index (χ1n) is 38.8. The summed E-state index contributed by atoms with van der Waals surface area (Å²) in [6.45, 7) is 4.70. The molecule has 0 fully saturated rings. The van der Waals surface area contributed by atoms with Crippen LogP contribution in [0.25, 0.3) is 0 Å². The molecule has 19 heteroatoms. The highest BCUT2D eigenvalue weighted by atomic mass is 31.2. The topological polar surface area (TPSA) is 237 Å². The standard InChI is InChI=1S/C79H140O17P2/c1-5-9-13-17-21-25-29-33-34-35-36-37-38-42-44-48-52-56-60-64-77(82)90-70-75(96-79(84)66-62-58-54-50-46-41-32-28-24-20-16-12-8-4)72-94-98(87,88)92-68-73(80)67-91-97(85,86)93-71-74(95-78(83)65-61-57-53-49-45-40-31-27-23-19-15-11-7-3)69-89-76(81)63-59-55-51-47-43-39-30-26-22-18-14-10-6-2/h9,13,21,25-28,30-34,36-37,73-75,80H,5-8,10-12,14-20,22-24,29,35,38-72H2,1-4H3,(H,85,86)(H,87,88)/b13-9-,25-21-,30-26-,31-27-,32-28-,34-33-,37-36-. The normalized spacial score (nSPS) is 14.4. The molecular formula is C79H140O17P2. The Bertz CT molecular complexity index is 2190. The number of rotatable bonds is 73. The average molecular weight is 1420 g/mol. The van der Waals surface area contributed by atoms with Gasteiger partial charge in [-0.3, -0.25) is 37.3 Å². The van der Waals surface area contributed by atoms with Gasteiger partial charge in [-0.1, -0.05) is 254 Å². The molecule has 5 atom stereocenters. The largest absolute Gasteiger partial charge is 0.472 e. The van der Waals surface area contributed by atoms with Gasteiger partial charge in [0, 0.05) is 25.7 Å². The molecule has 0 saturated heterocycles. The van der Waals surface area contributed by atoms with E-state index in [1.807, 2.05) is 0 Å². The first kappa shape index (κ1) is 94.2. The van der Waals surface area contributed by atoms with Crippen molar-refractivity contribution in [3.05, 3.63) is 85.1 Å². The van der Waals surface area contributed by atoms with Crippen molar-refractivity contribution in [1.29, 1.82) is 0 Å². The second-order valence-corrected chi connectivity index (χ2v) is 28.8. The van der Waals surface area contributed by atoms with Crippen molar-refractivity contribution in [2.45, 2.75) is 354 Å². The van der Waals surface area contributed by atoms with Crippen LogP contribution in [-0.2, 0) is 65.4 Å². The maximum Gasteiger partial charge on any atom is 0.472 e. The third-order valence-electron chi connectivity index (χ3n) is 16.3. The molecule has 0 saturated carbocycles. The number of aliphatic hydroxyl groups excluding tert-OH is 1. The first-order valence-corrected chi connectivity index (χ1v) is 41.8. The maximum absolute atomic E-state index is 13.1. The van der Waals surface area contributed by atoms with Gasteiger partial charge in [-0.15, -0.1) is 0 Å². The van der Waals surface area contributed by atoms with E-state index in [1.165, 1.54) is 77.0 Å². The van der Waals surface area contributed by atoms with Crippen molar-refractivity contribution in [2.75, 3.05) is 39.6 Å². The molecule has 0 aromatic heterocycles. The van der Waals surface area contributed by atoms with Crippen LogP contribution in [0.4, 0.5) is 0 Å². The minimum absolute atomic E-state index is 0.0824. The third kappa shape index (κ3) is 70.7. The summed E-state index contributed by atoms with van der Waals surface area (Å²) in [5.74, 6) is -2.20. The molecule has 0 radical (unpaired) electrons. The zero-order valence-electron chi connectivity index (χ0n) is 62.0. The molecule has 0 aromatic rings. The van der Waals surface area contributed by atoms with Gasteiger partial charge in [0.15, 0.2) is 12.2 Å². The van der Waals surface area contributed by atoms with Crippen LogP contribution in [0.3, 0.4) is 0 Å². The Balaban J connectivity index is 5.33. The number of hydrogen-bond donors (Lipinski definition) is 3. The molecule has 5 unspecified atom stereocenters. The van der Waals surface area contributed by atoms with Crippen molar-refractivity contribution in [3.8, 4) is 0 Å². The summed E-state index contributed by atoms with van der Waals surface area (Å²) < 4.78 is 68.5. The summed E-state index contributed by atoms with van der Waals surface area (Å²) >= 11 is 0. The zero-order chi connectivity index (χ0) is 71.8. The van der Waals surface area contributed by atoms with Gasteiger partial charge in [-0.05, 0) is 141 Å². The number of phosphoric acid groups is 2. The summed E-state index contributed by atoms with van der Waals surface area (Å²) in [5.41, 5.74) is 0. The number of hydrogen-bond acceptors (Lipinski definition) is 15. The minimum atomic E-state index is -4.98. The van der Waals surface area contributed by atoms with Crippen LogP contribution < -0.4 is 0 Å². The third-order valence-corrected chi connectivity index (χ3v) is 18.2. The second-order valence-electron chi connectivity index (χ2n) is 25.9. The molecule has 0 spiro atoms. The van der Waals surface area contributed by atoms with Gasteiger partial charge < -0.3 is 33.8 Å². The Labute approximate surface area is 595 Å². The molecule has 0 rings (SSSR count). The summed E-state index contributed by atoms with van der Waals surface area (Å²) in [6.07, 6.45) is 72.8. The average Bonchev–Trinajstić information content (AvgIpc) is 0.966. The van der Waals surface area contributed by atoms with E-state index in [0.29, 0.717) is 25.7 Å². The quantitative estimate of drug-likeness (QED) is 0.0169. The van der Waals surface area contributed by atoms with E-state index >= 15 is 0 Å². The van der Waals surface area contributed by atoms with Crippen LogP contribution >= 0.6 is 15.6 Å². The molecular weight excluding hydrogens is 1280 g/mol. The van der Waals surface area contributed by atoms with Crippen LogP contribution in [0.1, 0.15) is 336 Å². The van der Waals surface area contributed by atoms with Gasteiger partial charge >= 0.3 is 39.5 Å². The molecule has 3 N–H and O–H groups in total. The van der Waals surface area contributed by atoms with Gasteiger partial charge in [0.1, 0.15) is 19.3 Å². The Morgan fingerprint density at radius 2 is 0.531 bits per heavy atom. The van der Waals surface area contributed by atoms with E-state index in [2.05, 4.69) is 113 Å². The van der Waals surface area contributed by atoms with Crippen molar-refractivity contribution in [1.82, 2.24) is 0 Å². The molecule has 0 aromatic carbocycles. The van der Waals surface area contributed by atoms with Gasteiger partial charge in [-0.2, -0.15) is 0 Å². The zero-order valence-corrected chi connectivity index (χ0v) is 63.7. The molecule has 0 amide bonds. The number of allylic oxidation sites excluding steroid dienone is 14. The van der Waals surface area contributed by atoms with Crippen LogP contribution in [0, 0.1) is 0 Å². The molecule has 0 heterocycles. The monoisotopic (exact) mass is 1420 g/mol. The highest BCUT2D eigenvalue weighted by Crippen LogP contribution is 2.45. The molecule has 0 aliphatic rings. The highest BCUT2D eigenvalue weighted by Gasteiger charge is 2.30. The fourth-order valence-corrected chi connectivity index (χ4v) is 12.0. The molecule has 98 heavy (non-hydrogen) atoms. The lowest BCUT2D eigenvalue weighted by Gasteiger charge is -2.21. The Kier molecular flexibility index (Phi) is 68.9. The fourth-order valence-electron chi connectivity index (χ4n) is 10.4. The van der Waals surface area contributed by atoms with Crippen LogP contribution in [0.2, 0.25) is 0 Å². The van der Waals surface area contributed by atoms with Crippen LogP contribution in [-0.4, -0.2) is 96.7 Å². The van der Waals surface area contributed by atoms with Gasteiger partial charge in [0.05, 0.1) is 26.4 Å². The van der Waals surface area contributed by atoms with E-state index in [0.717, 1.165) is 180 Å². The lowest BCUT2D eigenvalue weighted by atomic mass is 10.1. The SMILES string of the molecule is CC/C=C\C/C=C\C/C=C\C/C=C\CCCCCCCCC(=O)OCC(COP(=O)(O)OCC(O)COP(=O)(O)OCC(COC(=O)CCCCCCC/C=C\CCCCCC)OC(=O)CCCCCCC/C=C\CCCCCC)OC(=O)CCCCCCC/C=C\CCCCCC. The molecule has 0 aliphatic carbocycles. The number of unbranched alkanes of at least 4 members (excludes halogenated alkanes) is 33. The van der Waals surface area contributed by atoms with E-state index in [1.54, 1.807) is 0 Å². The van der Waals surface area contributed by atoms with E-state index in [-0.39, 0.29) is 25.7 Å². The van der Waals surface area contributed by atoms with E-state index in [4.69, 9.17) is 37.0 Å². The minimum Gasteiger partial charge on any atom is -0.462 e. The summed E-state index contributed by atoms with van der Waals surface area (Å²) in [7, 11) is -9.95. The first-order chi connectivity index (χ1) is 47.7. The lowest BCUT2D eigenvalue weighted by molar-refractivity contribution is -0.161. The lowest BCUT2D eigenvalue weighted by Crippen LogP contribution is -2.30.